The minimum Gasteiger partial charge on any atom is -0.382 e. The molecule has 3 atom stereocenters. The number of aliphatic hydroxyl groups is 2. The number of aromatic amines is 4. The summed E-state index contributed by atoms with van der Waals surface area (Å²) in [5.74, 6) is -0.866. The average Bonchev–Trinajstić information content (AvgIpc) is 1.45. The third-order valence-corrected chi connectivity index (χ3v) is 32.5. The van der Waals surface area contributed by atoms with Crippen LogP contribution in [0.1, 0.15) is 216 Å². The number of hydrogen-bond acceptors (Lipinski definition) is 12. The Labute approximate surface area is 818 Å². The highest BCUT2D eigenvalue weighted by molar-refractivity contribution is 7.53. The van der Waals surface area contributed by atoms with E-state index in [0.29, 0.717) is 45.2 Å². The van der Waals surface area contributed by atoms with Crippen molar-refractivity contribution in [1.29, 1.82) is 0 Å². The summed E-state index contributed by atoms with van der Waals surface area (Å²) in [6.45, 7) is 25.6. The number of nitrogens with zero attached hydrogens (tertiary/aromatic N) is 4. The molecule has 20 nitrogen and oxygen atoms in total. The second kappa shape index (κ2) is 41.6. The quantitative estimate of drug-likeness (QED) is 0.0128. The molecule has 9 aromatic carbocycles. The largest absolute Gasteiger partial charge is 0.553 e. The number of H-pyrrole nitrogens is 4. The first-order valence-corrected chi connectivity index (χ1v) is 53.3. The molecule has 6 aliphatic heterocycles. The van der Waals surface area contributed by atoms with Gasteiger partial charge in [-0.3, -0.25) is 18.5 Å². The molecule has 15 aromatic rings. The van der Waals surface area contributed by atoms with Crippen LogP contribution in [0.15, 0.2) is 339 Å². The Morgan fingerprint density at radius 1 is 0.329 bits per heavy atom. The number of aromatic nitrogens is 6. The van der Waals surface area contributed by atoms with Crippen LogP contribution in [-0.4, -0.2) is 106 Å². The van der Waals surface area contributed by atoms with E-state index in [2.05, 4.69) is 260 Å². The molecule has 140 heavy (non-hydrogen) atoms. The van der Waals surface area contributed by atoms with E-state index in [0.717, 1.165) is 124 Å². The van der Waals surface area contributed by atoms with E-state index >= 15 is 0 Å². The van der Waals surface area contributed by atoms with Gasteiger partial charge in [-0.05, 0) is 217 Å². The van der Waals surface area contributed by atoms with Crippen LogP contribution in [0, 0.1) is 41.5 Å². The van der Waals surface area contributed by atoms with Gasteiger partial charge >= 0.3 is 28.7 Å². The molecule has 23 heteroatoms. The van der Waals surface area contributed by atoms with Gasteiger partial charge in [0, 0.05) is 76.4 Å². The number of benzene rings is 9. The summed E-state index contributed by atoms with van der Waals surface area (Å²) in [7, 11) is -9.43. The Kier molecular flexibility index (Phi) is 28.9. The van der Waals surface area contributed by atoms with Gasteiger partial charge in [0.2, 0.25) is 22.8 Å². The fraction of sp³-hybridized carbons (Fsp3) is 0.222. The van der Waals surface area contributed by atoms with Crippen molar-refractivity contribution >= 4 is 62.8 Å². The van der Waals surface area contributed by atoms with Gasteiger partial charge < -0.3 is 57.3 Å². The highest BCUT2D eigenvalue weighted by Crippen LogP contribution is 2.57. The lowest BCUT2D eigenvalue weighted by Crippen LogP contribution is -2.71. The van der Waals surface area contributed by atoms with Gasteiger partial charge in [-0.2, -0.15) is 9.13 Å². The molecule has 6 N–H and O–H groups in total. The molecule has 712 valence electrons. The number of hydrogen-bond donors (Lipinski definition) is 6. The highest BCUT2D eigenvalue weighted by atomic mass is 31.2. The first kappa shape index (κ1) is 97.0. The molecule has 0 amide bonds. The molecular weight excluding hydrogens is 1800 g/mol. The van der Waals surface area contributed by atoms with Crippen molar-refractivity contribution in [3.05, 3.63) is 496 Å². The van der Waals surface area contributed by atoms with Gasteiger partial charge in [0.25, 0.3) is 0 Å². The van der Waals surface area contributed by atoms with Gasteiger partial charge in [-0.25, -0.2) is 0 Å². The van der Waals surface area contributed by atoms with Crippen molar-refractivity contribution in [2.45, 2.75) is 132 Å². The Morgan fingerprint density at radius 2 is 0.621 bits per heavy atom. The normalized spacial score (nSPS) is 15.4. The lowest BCUT2D eigenvalue weighted by Gasteiger charge is -2.41. The molecule has 1 spiro atoms. The molecular formula is C117H119N8O12P3+2. The fourth-order valence-electron chi connectivity index (χ4n) is 19.8. The van der Waals surface area contributed by atoms with Gasteiger partial charge in [0.15, 0.2) is 0 Å². The molecule has 6 aliphatic rings. The zero-order valence-electron chi connectivity index (χ0n) is 81.0. The van der Waals surface area contributed by atoms with Gasteiger partial charge in [0.1, 0.15) is 18.5 Å². The lowest BCUT2D eigenvalue weighted by molar-refractivity contribution is -0.834. The van der Waals surface area contributed by atoms with Crippen molar-refractivity contribution in [3.63, 3.8) is 0 Å². The van der Waals surface area contributed by atoms with Crippen molar-refractivity contribution in [2.75, 3.05) is 39.6 Å². The first-order chi connectivity index (χ1) is 67.9. The molecule has 0 fully saturated rings. The van der Waals surface area contributed by atoms with E-state index in [-0.39, 0.29) is 30.3 Å². The summed E-state index contributed by atoms with van der Waals surface area (Å²) < 4.78 is 81.6. The minimum atomic E-state index is -3.28. The molecule has 0 saturated heterocycles. The number of carbonyl (C=O) groups is 1. The van der Waals surface area contributed by atoms with E-state index in [1.165, 1.54) is 77.8 Å². The summed E-state index contributed by atoms with van der Waals surface area (Å²) >= 11 is 0. The van der Waals surface area contributed by atoms with Crippen LogP contribution < -0.4 is 10.7 Å². The second-order valence-corrected chi connectivity index (χ2v) is 42.1. The van der Waals surface area contributed by atoms with Crippen LogP contribution in [-0.2, 0) is 65.2 Å². The summed E-state index contributed by atoms with van der Waals surface area (Å²) in [4.78, 5) is 24.1. The standard InChI is InChI=1S/C53H45N4O3P.C32H32N2O2.C20H25N2O3P.C12H17O4P/c1-6-59-61(58,60-7-2)32-36-14-22-40(23-15-36)52-47-30-28-45-50(38-18-10-34(4)11-19-38)43-26-24-41-49(37-16-8-33(3)9-17-37)42-25-27-44-51(39-20-12-35(5)13-21-39)46-29-31-48(52)57(46)53(54(41)43,55(42)44)56(45)47;1-20-4-10-23(11-5-20)30(26-16-18-28(33-26)31(35)24-12-6-21(2)7-13-24)27-17-19-29(34-27)32(36)25-14-8-22(3)9-15-25;1-3-24-26(23,25-4-2)15-16-9-11-17(12-10-16)20(18-7-5-13-21-18)19-8-6-14-22-19;1-3-15-17(14,16-4-2)10-12-7-5-11(9-13)6-8-12/h8-31H,6-7,32H2,1-5H3;4-19,30-36H,1-3H3;5-14,20-22H,3-4,15H2,1-2H3;5-9H,3-4,10H2,1-2H3/q+2;;;. The van der Waals surface area contributed by atoms with E-state index in [1.54, 1.807) is 38.1 Å². The van der Waals surface area contributed by atoms with Crippen LogP contribution in [0.5, 0.6) is 0 Å². The van der Waals surface area contributed by atoms with E-state index < -0.39 is 40.9 Å². The monoisotopic (exact) mass is 1920 g/mol. The van der Waals surface area contributed by atoms with Crippen LogP contribution in [0.4, 0.5) is 0 Å². The molecule has 6 aromatic heterocycles. The van der Waals surface area contributed by atoms with Gasteiger partial charge in [-0.1, -0.05) is 261 Å². The lowest BCUT2D eigenvalue weighted by atomic mass is 9.92. The molecule has 3 unspecified atom stereocenters. The molecule has 12 heterocycles. The van der Waals surface area contributed by atoms with Gasteiger partial charge in [0.05, 0.1) is 114 Å². The van der Waals surface area contributed by atoms with Crippen molar-refractivity contribution in [1.82, 2.24) is 29.1 Å². The molecule has 0 aliphatic carbocycles. The predicted molar refractivity (Wildman–Crippen MR) is 556 cm³/mol. The third kappa shape index (κ3) is 19.4. The number of aryl methyl sites for hydroxylation is 6. The van der Waals surface area contributed by atoms with Gasteiger partial charge in [-0.15, -0.1) is 0 Å². The van der Waals surface area contributed by atoms with E-state index in [9.17, 15) is 28.7 Å². The number of carbonyl (C=O) groups excluding carboxylic acids is 1. The maximum absolute atomic E-state index is 13.6. The summed E-state index contributed by atoms with van der Waals surface area (Å²) in [5, 5.41) is 24.4. The average molecular weight is 1920 g/mol. The van der Waals surface area contributed by atoms with Crippen LogP contribution >= 0.6 is 22.8 Å². The maximum atomic E-state index is 13.6. The maximum Gasteiger partial charge on any atom is 0.553 e. The zero-order chi connectivity index (χ0) is 97.7. The predicted octanol–water partition coefficient (Wildman–Crippen LogP) is 24.3. The third-order valence-electron chi connectivity index (χ3n) is 26.3. The summed E-state index contributed by atoms with van der Waals surface area (Å²) in [6.07, 6.45) is 13.2. The molecule has 0 bridgehead atoms. The smallest absolute Gasteiger partial charge is 0.382 e. The summed E-state index contributed by atoms with van der Waals surface area (Å²) in [6, 6.07) is 100. The molecule has 21 rings (SSSR count). The molecule has 0 radical (unpaired) electrons. The number of nitrogens with one attached hydrogen (secondary N) is 4. The van der Waals surface area contributed by atoms with Crippen LogP contribution in [0.3, 0.4) is 0 Å². The highest BCUT2D eigenvalue weighted by Gasteiger charge is 2.73. The Balaban J connectivity index is 0.000000139. The van der Waals surface area contributed by atoms with E-state index in [1.807, 2.05) is 151 Å². The van der Waals surface area contributed by atoms with Crippen LogP contribution in [0.2, 0.25) is 0 Å². The van der Waals surface area contributed by atoms with E-state index in [4.69, 9.17) is 27.1 Å². The number of aliphatic hydroxyl groups excluding tert-OH is 2. The zero-order valence-corrected chi connectivity index (χ0v) is 83.7. The van der Waals surface area contributed by atoms with Crippen molar-refractivity contribution in [3.8, 4) is 0 Å². The topological polar surface area (TPSA) is 243 Å². The number of allylic oxidation sites excluding steroid dienone is 4. The summed E-state index contributed by atoms with van der Waals surface area (Å²) in [5.41, 5.74) is 36.5. The van der Waals surface area contributed by atoms with Crippen molar-refractivity contribution < 1.29 is 65.0 Å². The number of aldehydes is 1. The molecule has 0 saturated carbocycles. The minimum absolute atomic E-state index is 0.0969. The van der Waals surface area contributed by atoms with Crippen LogP contribution in [0.25, 0.3) is 22.3 Å². The second-order valence-electron chi connectivity index (χ2n) is 36.0. The SMILES string of the molecule is CCOP(=O)(Cc1ccc(C(c2ccc[nH]2)c2ccc[nH]2)cc1)OCC.CCOP(=O)(Cc1ccc(C2=C3C=CC4=[N+]3C35n6c(ccc62)C(c2ccc(C)cc2)=C2C=CC(=[N+]23)C(c2ccc(C)cc2)=c2ccc(n25)=C4c2ccc(C)cc2)cc1)OCC.CCOP(=O)(Cc1ccc(C=O)cc1)OCC.Cc1ccc(C(O)c2ccc(C(c3ccc(C)cc3)c3ccc(C(O)c4ccc(C)cc4)[nH]3)[nH]2)cc1. The fourth-order valence-corrected chi connectivity index (χ4v) is 24.9. The first-order valence-electron chi connectivity index (χ1n) is 48.1. The number of rotatable bonds is 33. The Hall–Kier alpha value is -13.3. The van der Waals surface area contributed by atoms with Crippen molar-refractivity contribution in [2.24, 2.45) is 0 Å². The Morgan fingerprint density at radius 3 is 0.950 bits per heavy atom. The Bertz CT molecular complexity index is 7380.